The minimum Gasteiger partial charge on any atom is -0.378 e. The van der Waals surface area contributed by atoms with Crippen LogP contribution < -0.4 is 19.7 Å². The number of para-hydroxylation sites is 1. The number of aromatic nitrogens is 2. The lowest BCUT2D eigenvalue weighted by atomic mass is 10.0. The van der Waals surface area contributed by atoms with E-state index in [1.807, 2.05) is 0 Å². The lowest BCUT2D eigenvalue weighted by Gasteiger charge is -2.16. The van der Waals surface area contributed by atoms with E-state index in [1.54, 1.807) is 0 Å². The lowest BCUT2D eigenvalue weighted by molar-refractivity contribution is -0.538. The molecule has 5 heteroatoms. The number of nitrogens with zero attached hydrogens (tertiary/aromatic N) is 4. The van der Waals surface area contributed by atoms with Crippen LogP contribution in [0.4, 0.5) is 22.7 Å². The standard InChI is InChI=1S/C32H29N5/c1-35(2)23-16-14-22(15-17-23)33-29-21-31-32(27-13-9-8-12-26(27)29)34-28-19-18-25(36(3)4)20-30(28)37(31)24-10-6-5-7-11-24/h5-21H,1-4H3/p+1. The van der Waals surface area contributed by atoms with Crippen LogP contribution in [0.1, 0.15) is 0 Å². The second kappa shape index (κ2) is 9.10. The number of hydrogen-bond acceptors (Lipinski definition) is 4. The summed E-state index contributed by atoms with van der Waals surface area (Å²) in [5.74, 6) is 0. The first-order valence-corrected chi connectivity index (χ1v) is 12.5. The van der Waals surface area contributed by atoms with Gasteiger partial charge in [0.1, 0.15) is 11.0 Å². The summed E-state index contributed by atoms with van der Waals surface area (Å²) in [6.07, 6.45) is 0. The van der Waals surface area contributed by atoms with Gasteiger partial charge >= 0.3 is 0 Å². The Labute approximate surface area is 217 Å². The van der Waals surface area contributed by atoms with Gasteiger partial charge in [0.15, 0.2) is 0 Å². The fraction of sp³-hybridized carbons (Fsp3) is 0.125. The summed E-state index contributed by atoms with van der Waals surface area (Å²) in [7, 11) is 8.25. The van der Waals surface area contributed by atoms with Crippen LogP contribution in [-0.4, -0.2) is 33.2 Å². The molecule has 6 rings (SSSR count). The molecule has 5 aromatic carbocycles. The zero-order valence-electron chi connectivity index (χ0n) is 21.6. The van der Waals surface area contributed by atoms with Gasteiger partial charge in [0.05, 0.1) is 5.69 Å². The molecule has 0 saturated carbocycles. The van der Waals surface area contributed by atoms with Crippen LogP contribution in [0, 0.1) is 0 Å². The molecular weight excluding hydrogens is 454 g/mol. The molecular formula is C32H30N5+. The highest BCUT2D eigenvalue weighted by molar-refractivity contribution is 6.11. The van der Waals surface area contributed by atoms with Crippen molar-refractivity contribution in [3.05, 3.63) is 103 Å². The number of nitrogens with one attached hydrogen (secondary N) is 1. The smallest absolute Gasteiger partial charge is 0.240 e. The van der Waals surface area contributed by atoms with Crippen LogP contribution in [0.3, 0.4) is 0 Å². The van der Waals surface area contributed by atoms with E-state index >= 15 is 0 Å². The summed E-state index contributed by atoms with van der Waals surface area (Å²) in [5.41, 5.74) is 9.58. The Morgan fingerprint density at radius 3 is 1.97 bits per heavy atom. The Hall–Kier alpha value is -4.64. The molecule has 1 heterocycles. The monoisotopic (exact) mass is 484 g/mol. The van der Waals surface area contributed by atoms with E-state index in [4.69, 9.17) is 4.98 Å². The number of benzene rings is 5. The fourth-order valence-electron chi connectivity index (χ4n) is 4.90. The van der Waals surface area contributed by atoms with Gasteiger partial charge in [0.2, 0.25) is 16.7 Å². The minimum absolute atomic E-state index is 0.965. The predicted octanol–water partition coefficient (Wildman–Crippen LogP) is 6.69. The molecule has 6 aromatic rings. The Bertz CT molecular complexity index is 1740. The van der Waals surface area contributed by atoms with E-state index in [1.165, 1.54) is 5.69 Å². The molecule has 0 aliphatic carbocycles. The molecule has 0 radical (unpaired) electrons. The Balaban J connectivity index is 1.67. The molecule has 0 unspecified atom stereocenters. The van der Waals surface area contributed by atoms with Gasteiger partial charge < -0.3 is 15.1 Å². The van der Waals surface area contributed by atoms with Gasteiger partial charge in [0.25, 0.3) is 0 Å². The first-order valence-electron chi connectivity index (χ1n) is 12.5. The van der Waals surface area contributed by atoms with E-state index in [0.717, 1.165) is 55.6 Å². The highest BCUT2D eigenvalue weighted by Crippen LogP contribution is 2.34. The van der Waals surface area contributed by atoms with Crippen molar-refractivity contribution >= 4 is 55.6 Å². The predicted molar refractivity (Wildman–Crippen MR) is 157 cm³/mol. The van der Waals surface area contributed by atoms with E-state index in [-0.39, 0.29) is 0 Å². The summed E-state index contributed by atoms with van der Waals surface area (Å²) in [6.45, 7) is 0. The highest BCUT2D eigenvalue weighted by atomic mass is 15.1. The van der Waals surface area contributed by atoms with Gasteiger partial charge in [-0.15, -0.1) is 4.57 Å². The molecule has 182 valence electrons. The van der Waals surface area contributed by atoms with Crippen molar-refractivity contribution in [2.75, 3.05) is 43.3 Å². The summed E-state index contributed by atoms with van der Waals surface area (Å²) < 4.78 is 2.33. The number of hydrogen-bond donors (Lipinski definition) is 1. The molecule has 1 N–H and O–H groups in total. The molecule has 37 heavy (non-hydrogen) atoms. The molecule has 5 nitrogen and oxygen atoms in total. The fourth-order valence-corrected chi connectivity index (χ4v) is 4.90. The van der Waals surface area contributed by atoms with Crippen LogP contribution in [-0.2, 0) is 0 Å². The zero-order valence-corrected chi connectivity index (χ0v) is 21.6. The summed E-state index contributed by atoms with van der Waals surface area (Å²) in [5, 5.41) is 5.96. The van der Waals surface area contributed by atoms with Crippen LogP contribution >= 0.6 is 0 Å². The third kappa shape index (κ3) is 4.08. The highest BCUT2D eigenvalue weighted by Gasteiger charge is 2.23. The normalized spacial score (nSPS) is 11.2. The van der Waals surface area contributed by atoms with Gasteiger partial charge in [-0.1, -0.05) is 42.5 Å². The molecule has 0 aliphatic rings. The van der Waals surface area contributed by atoms with Crippen molar-refractivity contribution in [3.63, 3.8) is 0 Å². The molecule has 0 spiro atoms. The average molecular weight is 485 g/mol. The third-order valence-electron chi connectivity index (χ3n) is 6.86. The summed E-state index contributed by atoms with van der Waals surface area (Å²) in [6, 6.07) is 36.3. The van der Waals surface area contributed by atoms with Gasteiger partial charge in [-0.2, -0.15) is 0 Å². The number of anilines is 4. The molecule has 0 bridgehead atoms. The first-order chi connectivity index (χ1) is 18.0. The molecule has 0 fully saturated rings. The maximum Gasteiger partial charge on any atom is 0.240 e. The van der Waals surface area contributed by atoms with Crippen molar-refractivity contribution in [3.8, 4) is 5.69 Å². The van der Waals surface area contributed by atoms with Gasteiger partial charge in [-0.3, -0.25) is 0 Å². The molecule has 0 aliphatic heterocycles. The quantitative estimate of drug-likeness (QED) is 0.168. The second-order valence-corrected chi connectivity index (χ2v) is 9.75. The topological polar surface area (TPSA) is 35.3 Å². The molecule has 0 atom stereocenters. The molecule has 0 amide bonds. The molecule has 0 saturated heterocycles. The van der Waals surface area contributed by atoms with Gasteiger partial charge in [-0.05, 0) is 36.4 Å². The van der Waals surface area contributed by atoms with Crippen molar-refractivity contribution in [2.24, 2.45) is 0 Å². The van der Waals surface area contributed by atoms with Crippen molar-refractivity contribution < 1.29 is 4.57 Å². The van der Waals surface area contributed by atoms with Crippen molar-refractivity contribution in [2.45, 2.75) is 0 Å². The number of fused-ring (bicyclic) bond motifs is 4. The summed E-state index contributed by atoms with van der Waals surface area (Å²) >= 11 is 0. The SMILES string of the molecule is CN(C)c1ccc(Nc2cc3c(nc4ccc(N(C)C)cc4[n+]3-c3ccccc3)c3ccccc23)cc1. The molecule has 1 aromatic heterocycles. The third-order valence-corrected chi connectivity index (χ3v) is 6.86. The van der Waals surface area contributed by atoms with E-state index in [0.29, 0.717) is 0 Å². The van der Waals surface area contributed by atoms with Crippen molar-refractivity contribution in [1.82, 2.24) is 4.98 Å². The maximum atomic E-state index is 5.20. The largest absolute Gasteiger partial charge is 0.378 e. The minimum atomic E-state index is 0.965. The Kier molecular flexibility index (Phi) is 5.61. The summed E-state index contributed by atoms with van der Waals surface area (Å²) in [4.78, 5) is 9.44. The van der Waals surface area contributed by atoms with Gasteiger partial charge in [0, 0.05) is 80.3 Å². The van der Waals surface area contributed by atoms with E-state index in [9.17, 15) is 0 Å². The lowest BCUT2D eigenvalue weighted by Crippen LogP contribution is -2.33. The zero-order chi connectivity index (χ0) is 25.5. The van der Waals surface area contributed by atoms with Crippen molar-refractivity contribution in [1.29, 1.82) is 0 Å². The number of rotatable bonds is 5. The average Bonchev–Trinajstić information content (AvgIpc) is 2.92. The second-order valence-electron chi connectivity index (χ2n) is 9.75. The van der Waals surface area contributed by atoms with E-state index in [2.05, 4.69) is 151 Å². The van der Waals surface area contributed by atoms with E-state index < -0.39 is 0 Å². The van der Waals surface area contributed by atoms with Crippen LogP contribution in [0.15, 0.2) is 103 Å². The Morgan fingerprint density at radius 2 is 1.27 bits per heavy atom. The first kappa shape index (κ1) is 22.8. The van der Waals surface area contributed by atoms with Gasteiger partial charge in [-0.25, -0.2) is 4.98 Å². The van der Waals surface area contributed by atoms with Crippen LogP contribution in [0.5, 0.6) is 0 Å². The van der Waals surface area contributed by atoms with Crippen LogP contribution in [0.25, 0.3) is 38.5 Å². The Morgan fingerprint density at radius 1 is 0.622 bits per heavy atom. The maximum absolute atomic E-state index is 5.20. The van der Waals surface area contributed by atoms with Crippen LogP contribution in [0.2, 0.25) is 0 Å².